The summed E-state index contributed by atoms with van der Waals surface area (Å²) in [6.07, 6.45) is 5.81. The van der Waals surface area contributed by atoms with Gasteiger partial charge in [-0.05, 0) is 50.3 Å². The molecule has 0 aliphatic carbocycles. The quantitative estimate of drug-likeness (QED) is 0.345. The highest BCUT2D eigenvalue weighted by Gasteiger charge is 2.34. The lowest BCUT2D eigenvalue weighted by Crippen LogP contribution is -2.46. The van der Waals surface area contributed by atoms with Gasteiger partial charge in [0.2, 0.25) is 0 Å². The van der Waals surface area contributed by atoms with Crippen LogP contribution in [0.3, 0.4) is 0 Å². The van der Waals surface area contributed by atoms with E-state index < -0.39 is 11.8 Å². The zero-order chi connectivity index (χ0) is 24.6. The number of carbonyl (C=O) groups is 2. The smallest absolute Gasteiger partial charge is 0.314 e. The number of nitrogens with one attached hydrogen (secondary N) is 2. The number of piperidine rings is 1. The molecule has 1 fully saturated rings. The molecule has 34 heavy (non-hydrogen) atoms. The monoisotopic (exact) mass is 462 g/mol. The van der Waals surface area contributed by atoms with Gasteiger partial charge in [-0.3, -0.25) is 14.3 Å². The number of pyridine rings is 1. The maximum absolute atomic E-state index is 13.3. The van der Waals surface area contributed by atoms with E-state index in [1.165, 1.54) is 6.20 Å². The van der Waals surface area contributed by atoms with Crippen LogP contribution in [0.15, 0.2) is 30.6 Å². The SMILES string of the molecule is CC(C)n1ncc2cc([C@H]3CC[C@H](C)CN3C(=O)C(=O)Nc3cnc(N)c(C=N)c3N)ccc21. The molecule has 4 rings (SSSR count). The lowest BCUT2D eigenvalue weighted by atomic mass is 9.89. The number of carbonyl (C=O) groups excluding carboxylic acids is 2. The minimum Gasteiger partial charge on any atom is -0.396 e. The molecule has 0 bridgehead atoms. The Kier molecular flexibility index (Phi) is 6.23. The number of amides is 2. The number of fused-ring (bicyclic) bond motifs is 1. The topological polar surface area (TPSA) is 156 Å². The second-order valence-corrected chi connectivity index (χ2v) is 9.14. The number of hydrogen-bond donors (Lipinski definition) is 4. The molecule has 1 aliphatic heterocycles. The largest absolute Gasteiger partial charge is 0.396 e. The number of hydrogen-bond acceptors (Lipinski definition) is 7. The number of nitrogens with zero attached hydrogens (tertiary/aromatic N) is 4. The highest BCUT2D eigenvalue weighted by atomic mass is 16.2. The van der Waals surface area contributed by atoms with Gasteiger partial charge in [0.05, 0.1) is 40.9 Å². The average Bonchev–Trinajstić information content (AvgIpc) is 3.24. The predicted molar refractivity (Wildman–Crippen MR) is 133 cm³/mol. The highest BCUT2D eigenvalue weighted by Crippen LogP contribution is 2.35. The fraction of sp³-hybridized carbons (Fsp3) is 0.375. The van der Waals surface area contributed by atoms with Crippen LogP contribution in [-0.4, -0.2) is 44.2 Å². The second-order valence-electron chi connectivity index (χ2n) is 9.14. The number of rotatable bonds is 4. The number of likely N-dealkylation sites (tertiary alicyclic amines) is 1. The van der Waals surface area contributed by atoms with Gasteiger partial charge in [-0.2, -0.15) is 5.10 Å². The van der Waals surface area contributed by atoms with Gasteiger partial charge in [0.25, 0.3) is 0 Å². The van der Waals surface area contributed by atoms with E-state index in [1.54, 1.807) is 4.90 Å². The fourth-order valence-electron chi connectivity index (χ4n) is 4.53. The summed E-state index contributed by atoms with van der Waals surface area (Å²) in [5.41, 5.74) is 14.2. The van der Waals surface area contributed by atoms with Crippen LogP contribution in [0.5, 0.6) is 0 Å². The Morgan fingerprint density at radius 1 is 1.24 bits per heavy atom. The maximum atomic E-state index is 13.3. The van der Waals surface area contributed by atoms with Crippen molar-refractivity contribution in [3.8, 4) is 0 Å². The third-order valence-electron chi connectivity index (χ3n) is 6.35. The first kappa shape index (κ1) is 23.2. The van der Waals surface area contributed by atoms with Crippen molar-refractivity contribution < 1.29 is 9.59 Å². The molecule has 3 heterocycles. The van der Waals surface area contributed by atoms with Crippen molar-refractivity contribution >= 4 is 46.1 Å². The van der Waals surface area contributed by atoms with E-state index in [0.717, 1.165) is 35.5 Å². The number of nitrogen functional groups attached to an aromatic ring is 2. The summed E-state index contributed by atoms with van der Waals surface area (Å²) in [4.78, 5) is 31.8. The van der Waals surface area contributed by atoms with E-state index in [4.69, 9.17) is 16.9 Å². The Morgan fingerprint density at radius 3 is 2.71 bits per heavy atom. The number of nitrogens with two attached hydrogens (primary N) is 2. The Morgan fingerprint density at radius 2 is 2.00 bits per heavy atom. The van der Waals surface area contributed by atoms with Crippen LogP contribution < -0.4 is 16.8 Å². The van der Waals surface area contributed by atoms with E-state index in [9.17, 15) is 9.59 Å². The standard InChI is InChI=1S/C24H30N8O2/c1-13(2)32-20-7-5-15(8-16(20)10-29-32)19-6-4-14(3)12-31(19)24(34)23(33)30-18-11-28-22(27)17(9-25)21(18)26/h5,7-11,13-14,19,25H,4,6,12H2,1-3H3,(H,30,33)(H4,26,27,28)/t14-,19+/m0/s1. The van der Waals surface area contributed by atoms with Crippen LogP contribution in [0.4, 0.5) is 17.2 Å². The van der Waals surface area contributed by atoms with E-state index in [0.29, 0.717) is 6.54 Å². The minimum atomic E-state index is -0.804. The van der Waals surface area contributed by atoms with E-state index >= 15 is 0 Å². The molecule has 10 heteroatoms. The summed E-state index contributed by atoms with van der Waals surface area (Å²) < 4.78 is 1.96. The maximum Gasteiger partial charge on any atom is 0.314 e. The fourth-order valence-corrected chi connectivity index (χ4v) is 4.53. The molecule has 2 atom stereocenters. The van der Waals surface area contributed by atoms with Crippen LogP contribution >= 0.6 is 0 Å². The number of aromatic nitrogens is 3. The van der Waals surface area contributed by atoms with Gasteiger partial charge in [0.1, 0.15) is 5.82 Å². The van der Waals surface area contributed by atoms with E-state index in [-0.39, 0.29) is 40.8 Å². The molecule has 178 valence electrons. The molecule has 0 unspecified atom stereocenters. The molecular formula is C24H30N8O2. The molecule has 3 aromatic rings. The molecule has 1 aliphatic rings. The average molecular weight is 463 g/mol. The number of benzene rings is 1. The molecule has 1 aromatic carbocycles. The van der Waals surface area contributed by atoms with Gasteiger partial charge in [0, 0.05) is 24.2 Å². The molecule has 10 nitrogen and oxygen atoms in total. The molecule has 2 amide bonds. The van der Waals surface area contributed by atoms with Crippen LogP contribution in [0.1, 0.15) is 56.8 Å². The van der Waals surface area contributed by atoms with Gasteiger partial charge >= 0.3 is 11.8 Å². The highest BCUT2D eigenvalue weighted by molar-refractivity contribution is 6.40. The zero-order valence-electron chi connectivity index (χ0n) is 19.6. The Balaban J connectivity index is 1.61. The van der Waals surface area contributed by atoms with Crippen molar-refractivity contribution in [1.29, 1.82) is 5.41 Å². The normalized spacial score (nSPS) is 18.3. The van der Waals surface area contributed by atoms with Gasteiger partial charge < -0.3 is 27.1 Å². The van der Waals surface area contributed by atoms with E-state index in [1.807, 2.05) is 23.0 Å². The third-order valence-corrected chi connectivity index (χ3v) is 6.35. The lowest BCUT2D eigenvalue weighted by molar-refractivity contribution is -0.146. The molecule has 6 N–H and O–H groups in total. The van der Waals surface area contributed by atoms with Crippen molar-refractivity contribution in [2.75, 3.05) is 23.3 Å². The summed E-state index contributed by atoms with van der Waals surface area (Å²) in [6, 6.07) is 6.11. The van der Waals surface area contributed by atoms with Crippen LogP contribution in [-0.2, 0) is 9.59 Å². The number of anilines is 3. The zero-order valence-corrected chi connectivity index (χ0v) is 19.6. The van der Waals surface area contributed by atoms with Gasteiger partial charge in [-0.15, -0.1) is 0 Å². The van der Waals surface area contributed by atoms with Gasteiger partial charge in [-0.1, -0.05) is 13.0 Å². The van der Waals surface area contributed by atoms with Gasteiger partial charge in [-0.25, -0.2) is 4.98 Å². The predicted octanol–water partition coefficient (Wildman–Crippen LogP) is 3.11. The molecule has 0 saturated carbocycles. The second kappa shape index (κ2) is 9.12. The van der Waals surface area contributed by atoms with Crippen molar-refractivity contribution in [2.45, 2.75) is 45.7 Å². The Bertz CT molecular complexity index is 1270. The summed E-state index contributed by atoms with van der Waals surface area (Å²) in [7, 11) is 0. The summed E-state index contributed by atoms with van der Waals surface area (Å²) in [5, 5.41) is 15.5. The first-order valence-electron chi connectivity index (χ1n) is 11.3. The van der Waals surface area contributed by atoms with Crippen molar-refractivity contribution in [2.24, 2.45) is 5.92 Å². The van der Waals surface area contributed by atoms with Crippen molar-refractivity contribution in [3.05, 3.63) is 41.7 Å². The molecule has 1 saturated heterocycles. The lowest BCUT2D eigenvalue weighted by Gasteiger charge is -2.38. The molecule has 2 aromatic heterocycles. The third kappa shape index (κ3) is 4.18. The molecule has 0 spiro atoms. The van der Waals surface area contributed by atoms with Crippen LogP contribution in [0.2, 0.25) is 0 Å². The van der Waals surface area contributed by atoms with Gasteiger partial charge in [0.15, 0.2) is 0 Å². The van der Waals surface area contributed by atoms with E-state index in [2.05, 4.69) is 42.2 Å². The molecular weight excluding hydrogens is 432 g/mol. The van der Waals surface area contributed by atoms with Crippen molar-refractivity contribution in [1.82, 2.24) is 19.7 Å². The first-order valence-corrected chi connectivity index (χ1v) is 11.3. The van der Waals surface area contributed by atoms with Crippen LogP contribution in [0.25, 0.3) is 10.9 Å². The Labute approximate surface area is 197 Å². The van der Waals surface area contributed by atoms with Crippen molar-refractivity contribution in [3.63, 3.8) is 0 Å². The summed E-state index contributed by atoms with van der Waals surface area (Å²) >= 11 is 0. The Hall–Kier alpha value is -3.95. The summed E-state index contributed by atoms with van der Waals surface area (Å²) in [5.74, 6) is -1.09. The minimum absolute atomic E-state index is 0.0814. The summed E-state index contributed by atoms with van der Waals surface area (Å²) in [6.45, 7) is 6.70. The van der Waals surface area contributed by atoms with Crippen LogP contribution in [0, 0.1) is 11.3 Å². The first-order chi connectivity index (χ1) is 16.2. The molecule has 0 radical (unpaired) electrons.